The monoisotopic (exact) mass is 503 g/mol. The number of aromatic nitrogens is 4. The van der Waals surface area contributed by atoms with Crippen LogP contribution in [-0.2, 0) is 33.0 Å². The molecule has 184 valence electrons. The number of nitrogens with zero attached hydrogens (tertiary/aromatic N) is 4. The largest absolute Gasteiger partial charge is 0.376 e. The second-order valence-corrected chi connectivity index (χ2v) is 9.86. The lowest BCUT2D eigenvalue weighted by molar-refractivity contribution is -0.105. The molecule has 36 heavy (non-hydrogen) atoms. The summed E-state index contributed by atoms with van der Waals surface area (Å²) in [5.41, 5.74) is 3.27. The van der Waals surface area contributed by atoms with E-state index in [0.29, 0.717) is 43.3 Å². The lowest BCUT2D eigenvalue weighted by atomic mass is 10.0. The highest BCUT2D eigenvalue weighted by Crippen LogP contribution is 2.65. The van der Waals surface area contributed by atoms with Crippen molar-refractivity contribution < 1.29 is 14.3 Å². The fourth-order valence-corrected chi connectivity index (χ4v) is 5.83. The first-order valence-corrected chi connectivity index (χ1v) is 12.4. The number of amides is 1. The molecule has 2 heterocycles. The topological polar surface area (TPSA) is 91.2 Å². The molecular formula is C27H26ClN5O3. The second-order valence-electron chi connectivity index (χ2n) is 9.50. The van der Waals surface area contributed by atoms with Crippen molar-refractivity contribution in [1.82, 2.24) is 19.5 Å². The van der Waals surface area contributed by atoms with Crippen molar-refractivity contribution in [2.45, 2.75) is 37.7 Å². The Morgan fingerprint density at radius 2 is 1.75 bits per heavy atom. The Labute approximate surface area is 213 Å². The predicted octanol–water partition coefficient (Wildman–Crippen LogP) is 4.59. The van der Waals surface area contributed by atoms with Crippen molar-refractivity contribution in [1.29, 1.82) is 0 Å². The van der Waals surface area contributed by atoms with E-state index >= 15 is 0 Å². The van der Waals surface area contributed by atoms with Gasteiger partial charge in [-0.05, 0) is 29.9 Å². The number of hydrogen-bond acceptors (Lipinski definition) is 6. The molecule has 1 N–H and O–H groups in total. The quantitative estimate of drug-likeness (QED) is 0.251. The smallest absolute Gasteiger partial charge is 0.232 e. The maximum atomic E-state index is 11.0. The van der Waals surface area contributed by atoms with Crippen LogP contribution < -0.4 is 5.32 Å². The highest BCUT2D eigenvalue weighted by Gasteiger charge is 2.67. The molecule has 2 aromatic carbocycles. The molecule has 2 saturated carbocycles. The van der Waals surface area contributed by atoms with Gasteiger partial charge in [0.1, 0.15) is 5.52 Å². The molecular weight excluding hydrogens is 478 g/mol. The zero-order valence-electron chi connectivity index (χ0n) is 19.6. The molecule has 4 aromatic rings. The summed E-state index contributed by atoms with van der Waals surface area (Å²) in [5, 5.41) is 2.72. The third-order valence-corrected chi connectivity index (χ3v) is 7.67. The summed E-state index contributed by atoms with van der Waals surface area (Å²) in [6, 6.07) is 20.4. The molecule has 2 fully saturated rings. The number of hydrogen-bond donors (Lipinski definition) is 1. The standard InChI is InChI=1S/C27H26ClN5O3/c28-24-23-25(32-26(31-24)30-17-34)33(16-29-23)27-11-21(27)20(15-35-13-18-7-3-1-4-8-18)22(12-27)36-14-19-9-5-2-6-10-19/h1-10,16-17,20-22H,11-15H2,(H,30,31,32,34)/t20-,21-,22-,27-/m0/s1. The van der Waals surface area contributed by atoms with Crippen LogP contribution in [0.25, 0.3) is 11.2 Å². The molecule has 2 aliphatic rings. The Bertz CT molecular complexity index is 1370. The zero-order valence-corrected chi connectivity index (χ0v) is 20.3. The number of benzene rings is 2. The van der Waals surface area contributed by atoms with E-state index in [1.807, 2.05) is 36.4 Å². The Kier molecular flexibility index (Phi) is 6.17. The lowest BCUT2D eigenvalue weighted by Gasteiger charge is -2.24. The fraction of sp³-hybridized carbons (Fsp3) is 0.333. The Balaban J connectivity index is 1.26. The van der Waals surface area contributed by atoms with Gasteiger partial charge in [0.25, 0.3) is 0 Å². The molecule has 0 aliphatic heterocycles. The van der Waals surface area contributed by atoms with E-state index in [2.05, 4.69) is 49.1 Å². The van der Waals surface area contributed by atoms with Gasteiger partial charge in [-0.15, -0.1) is 0 Å². The van der Waals surface area contributed by atoms with Crippen LogP contribution in [0.2, 0.25) is 5.15 Å². The van der Waals surface area contributed by atoms with Crippen molar-refractivity contribution in [2.75, 3.05) is 11.9 Å². The normalized spacial score (nSPS) is 24.5. The lowest BCUT2D eigenvalue weighted by Crippen LogP contribution is -2.26. The first-order chi connectivity index (χ1) is 17.7. The van der Waals surface area contributed by atoms with Gasteiger partial charge in [0.15, 0.2) is 10.8 Å². The molecule has 6 rings (SSSR count). The van der Waals surface area contributed by atoms with Crippen LogP contribution in [0, 0.1) is 11.8 Å². The molecule has 0 radical (unpaired) electrons. The summed E-state index contributed by atoms with van der Waals surface area (Å²) in [7, 11) is 0. The Morgan fingerprint density at radius 1 is 1.03 bits per heavy atom. The fourth-order valence-electron chi connectivity index (χ4n) is 5.62. The van der Waals surface area contributed by atoms with E-state index in [0.717, 1.165) is 24.0 Å². The average Bonchev–Trinajstić information content (AvgIpc) is 3.29. The maximum absolute atomic E-state index is 11.0. The van der Waals surface area contributed by atoms with Crippen molar-refractivity contribution in [3.05, 3.63) is 83.3 Å². The minimum absolute atomic E-state index is 0.0297. The average molecular weight is 504 g/mol. The van der Waals surface area contributed by atoms with Crippen LogP contribution in [-0.4, -0.2) is 38.6 Å². The summed E-state index contributed by atoms with van der Waals surface area (Å²) >= 11 is 6.35. The number of carbonyl (C=O) groups excluding carboxylic acids is 1. The highest BCUT2D eigenvalue weighted by atomic mass is 35.5. The number of rotatable bonds is 10. The number of fused-ring (bicyclic) bond motifs is 2. The van der Waals surface area contributed by atoms with Crippen LogP contribution in [0.5, 0.6) is 0 Å². The van der Waals surface area contributed by atoms with Crippen molar-refractivity contribution >= 4 is 35.1 Å². The molecule has 0 saturated heterocycles. The van der Waals surface area contributed by atoms with Gasteiger partial charge in [-0.1, -0.05) is 72.3 Å². The molecule has 4 atom stereocenters. The first-order valence-electron chi connectivity index (χ1n) is 12.1. The highest BCUT2D eigenvalue weighted by molar-refractivity contribution is 6.33. The van der Waals surface area contributed by atoms with Gasteiger partial charge in [-0.3, -0.25) is 10.1 Å². The molecule has 0 bridgehead atoms. The summed E-state index contributed by atoms with van der Waals surface area (Å²) < 4.78 is 14.8. The minimum atomic E-state index is -0.174. The van der Waals surface area contributed by atoms with Gasteiger partial charge in [0.2, 0.25) is 12.4 Å². The number of halogens is 1. The summed E-state index contributed by atoms with van der Waals surface area (Å²) in [6.45, 7) is 1.73. The van der Waals surface area contributed by atoms with Crippen LogP contribution in [0.4, 0.5) is 5.95 Å². The minimum Gasteiger partial charge on any atom is -0.376 e. The Hall–Kier alpha value is -3.33. The maximum Gasteiger partial charge on any atom is 0.232 e. The second kappa shape index (κ2) is 9.61. The van der Waals surface area contributed by atoms with Crippen molar-refractivity contribution in [3.63, 3.8) is 0 Å². The third kappa shape index (κ3) is 4.25. The van der Waals surface area contributed by atoms with E-state index in [9.17, 15) is 4.79 Å². The van der Waals surface area contributed by atoms with E-state index < -0.39 is 0 Å². The molecule has 1 amide bonds. The van der Waals surface area contributed by atoms with Crippen LogP contribution in [0.15, 0.2) is 67.0 Å². The molecule has 9 heteroatoms. The molecule has 2 aromatic heterocycles. The number of anilines is 1. The molecule has 0 spiro atoms. The van der Waals surface area contributed by atoms with Gasteiger partial charge >= 0.3 is 0 Å². The molecule has 2 aliphatic carbocycles. The van der Waals surface area contributed by atoms with E-state index in [1.165, 1.54) is 0 Å². The number of ether oxygens (including phenoxy) is 2. The number of nitrogens with one attached hydrogen (secondary N) is 1. The van der Waals surface area contributed by atoms with Crippen LogP contribution in [0.1, 0.15) is 24.0 Å². The summed E-state index contributed by atoms with van der Waals surface area (Å²) in [4.78, 5) is 24.1. The number of carbonyl (C=O) groups is 1. The zero-order chi connectivity index (χ0) is 24.5. The summed E-state index contributed by atoms with van der Waals surface area (Å²) in [6.07, 6.45) is 4.17. The van der Waals surface area contributed by atoms with Gasteiger partial charge in [-0.2, -0.15) is 9.97 Å². The molecule has 8 nitrogen and oxygen atoms in total. The van der Waals surface area contributed by atoms with Crippen molar-refractivity contribution in [2.24, 2.45) is 11.8 Å². The first kappa shape index (κ1) is 23.1. The van der Waals surface area contributed by atoms with Crippen LogP contribution >= 0.6 is 11.6 Å². The van der Waals surface area contributed by atoms with Crippen molar-refractivity contribution in [3.8, 4) is 0 Å². The molecule has 0 unspecified atom stereocenters. The Morgan fingerprint density at radius 3 is 2.47 bits per heavy atom. The number of imidazole rings is 1. The van der Waals surface area contributed by atoms with Gasteiger partial charge in [0.05, 0.1) is 37.8 Å². The van der Waals surface area contributed by atoms with E-state index in [4.69, 9.17) is 21.1 Å². The van der Waals surface area contributed by atoms with Gasteiger partial charge in [0, 0.05) is 5.92 Å². The van der Waals surface area contributed by atoms with Gasteiger partial charge in [-0.25, -0.2) is 4.98 Å². The SMILES string of the molecule is O=CNc1nc(Cl)c2ncn([C@@]34C[C@H](OCc5ccccc5)[C@@H](COCc5ccccc5)[C@@H]3C4)c2n1. The predicted molar refractivity (Wildman–Crippen MR) is 135 cm³/mol. The van der Waals surface area contributed by atoms with E-state index in [-0.39, 0.29) is 28.7 Å². The third-order valence-electron chi connectivity index (χ3n) is 7.40. The van der Waals surface area contributed by atoms with E-state index in [1.54, 1.807) is 6.33 Å². The summed E-state index contributed by atoms with van der Waals surface area (Å²) in [5.74, 6) is 0.762. The van der Waals surface area contributed by atoms with Gasteiger partial charge < -0.3 is 14.0 Å². The van der Waals surface area contributed by atoms with Crippen LogP contribution in [0.3, 0.4) is 0 Å².